The van der Waals surface area contributed by atoms with Gasteiger partial charge in [0, 0.05) is 11.4 Å². The molecule has 9 heavy (non-hydrogen) atoms. The summed E-state index contributed by atoms with van der Waals surface area (Å²) < 4.78 is 7.88. The van der Waals surface area contributed by atoms with Gasteiger partial charge in [-0.1, -0.05) is 0 Å². The summed E-state index contributed by atoms with van der Waals surface area (Å²) in [4.78, 5) is 2.96. The van der Waals surface area contributed by atoms with Crippen LogP contribution in [0.25, 0.3) is 0 Å². The van der Waals surface area contributed by atoms with Crippen LogP contribution in [0.15, 0.2) is 9.03 Å². The zero-order valence-electron chi connectivity index (χ0n) is 4.09. The predicted octanol–water partition coefficient (Wildman–Crippen LogP) is 3.12. The fraction of sp³-hybridized carbons (Fsp3) is 0. The van der Waals surface area contributed by atoms with E-state index in [0.29, 0.717) is 0 Å². The van der Waals surface area contributed by atoms with Gasteiger partial charge in [0.1, 0.15) is 13.9 Å². The van der Waals surface area contributed by atoms with Crippen molar-refractivity contribution in [3.63, 3.8) is 0 Å². The maximum absolute atomic E-state index is 8.21. The van der Waals surface area contributed by atoms with E-state index in [9.17, 15) is 0 Å². The van der Waals surface area contributed by atoms with Crippen LogP contribution < -0.4 is 4.86 Å². The molecule has 1 aliphatic rings. The first-order chi connectivity index (χ1) is 4.43. The van der Waals surface area contributed by atoms with Crippen molar-refractivity contribution in [1.82, 2.24) is 4.86 Å². The van der Waals surface area contributed by atoms with E-state index in [-0.39, 0.29) is 0 Å². The number of nitriles is 1. The minimum absolute atomic E-state index is 0.660. The van der Waals surface area contributed by atoms with Gasteiger partial charge >= 0.3 is 0 Å². The number of hydrogen-bond acceptors (Lipinski definition) is 5. The Kier molecular flexibility index (Phi) is 3.58. The van der Waals surface area contributed by atoms with E-state index in [1.807, 2.05) is 5.40 Å². The van der Waals surface area contributed by atoms with E-state index in [1.165, 1.54) is 11.4 Å². The molecule has 1 N–H and O–H groups in total. The maximum atomic E-state index is 8.21. The van der Waals surface area contributed by atoms with Gasteiger partial charge in [-0.3, -0.25) is 0 Å². The van der Waals surface area contributed by atoms with Gasteiger partial charge in [0.25, 0.3) is 0 Å². The first-order valence-corrected chi connectivity index (χ1v) is 6.22. The largest absolute Gasteiger partial charge is 0.203 e. The summed E-state index contributed by atoms with van der Waals surface area (Å²) in [6, 6.07) is 0. The summed E-state index contributed by atoms with van der Waals surface area (Å²) in [5, 5.41) is 10.2. The van der Waals surface area contributed by atoms with Gasteiger partial charge < -0.3 is 0 Å². The van der Waals surface area contributed by atoms with Gasteiger partial charge in [0.2, 0.25) is 0 Å². The highest BCUT2D eigenvalue weighted by Crippen LogP contribution is 2.53. The van der Waals surface area contributed by atoms with Crippen LogP contribution in [0, 0.1) is 10.7 Å². The highest BCUT2D eigenvalue weighted by Gasteiger charge is 2.06. The molecule has 0 aromatic heterocycles. The normalized spacial score (nSPS) is 27.2. The molecule has 0 spiro atoms. The first-order valence-electron chi connectivity index (χ1n) is 1.86. The van der Waals surface area contributed by atoms with Gasteiger partial charge in [0.05, 0.1) is 0 Å². The fourth-order valence-corrected chi connectivity index (χ4v) is 4.43. The van der Waals surface area contributed by atoms with Gasteiger partial charge in [0.15, 0.2) is 15.9 Å². The first kappa shape index (κ1) is 7.54. The number of thiocyanates is 1. The summed E-state index contributed by atoms with van der Waals surface area (Å²) in [7, 11) is 0.933. The van der Waals surface area contributed by atoms with Crippen molar-refractivity contribution >= 4 is 35.9 Å². The Bertz CT molecular complexity index is 183. The van der Waals surface area contributed by atoms with Crippen molar-refractivity contribution in [2.45, 2.75) is 0 Å². The number of nitrogens with one attached hydrogen (secondary N) is 1. The van der Waals surface area contributed by atoms with E-state index in [4.69, 9.17) is 5.26 Å². The SMILES string of the molecule is N#CSP1N=PN=PN1. The van der Waals surface area contributed by atoms with Crippen LogP contribution in [0.3, 0.4) is 0 Å². The van der Waals surface area contributed by atoms with Crippen LogP contribution in [0.1, 0.15) is 0 Å². The molecule has 46 valence electrons. The maximum Gasteiger partial charge on any atom is 0.179 e. The average Bonchev–Trinajstić information content (AvgIpc) is 1.91. The predicted molar refractivity (Wildman–Crippen MR) is 42.0 cm³/mol. The van der Waals surface area contributed by atoms with Crippen LogP contribution in [0.4, 0.5) is 0 Å². The Morgan fingerprint density at radius 1 is 1.78 bits per heavy atom. The Labute approximate surface area is 60.9 Å². The van der Waals surface area contributed by atoms with Crippen molar-refractivity contribution in [3.05, 3.63) is 0 Å². The molecule has 0 fully saturated rings. The third-order valence-corrected chi connectivity index (χ3v) is 5.56. The zero-order chi connectivity index (χ0) is 6.53. The van der Waals surface area contributed by atoms with E-state index >= 15 is 0 Å². The highest BCUT2D eigenvalue weighted by atomic mass is 32.7. The van der Waals surface area contributed by atoms with Crippen LogP contribution >= 0.6 is 35.9 Å². The van der Waals surface area contributed by atoms with E-state index in [1.54, 1.807) is 0 Å². The molecular weight excluding hydrogens is 193 g/mol. The summed E-state index contributed by atoms with van der Waals surface area (Å²) in [5.41, 5.74) is 0. The van der Waals surface area contributed by atoms with Gasteiger partial charge in [-0.2, -0.15) is 14.3 Å². The molecule has 1 heterocycles. The van der Waals surface area contributed by atoms with Crippen molar-refractivity contribution in [1.29, 1.82) is 5.26 Å². The van der Waals surface area contributed by atoms with Crippen molar-refractivity contribution in [3.8, 4) is 5.40 Å². The van der Waals surface area contributed by atoms with Crippen molar-refractivity contribution in [2.75, 3.05) is 0 Å². The molecule has 0 bridgehead atoms. The molecule has 0 saturated carbocycles. The van der Waals surface area contributed by atoms with Crippen molar-refractivity contribution < 1.29 is 0 Å². The second kappa shape index (κ2) is 4.28. The Morgan fingerprint density at radius 3 is 3.22 bits per heavy atom. The molecule has 1 aliphatic heterocycles. The second-order valence-electron chi connectivity index (χ2n) is 0.924. The molecule has 8 heteroatoms. The Hall–Kier alpha value is 0.430. The van der Waals surface area contributed by atoms with Crippen LogP contribution in [-0.4, -0.2) is 0 Å². The Morgan fingerprint density at radius 2 is 2.67 bits per heavy atom. The lowest BCUT2D eigenvalue weighted by Crippen LogP contribution is -1.81. The quantitative estimate of drug-likeness (QED) is 0.515. The molecule has 1 atom stereocenters. The lowest BCUT2D eigenvalue weighted by molar-refractivity contribution is 1.57. The highest BCUT2D eigenvalue weighted by molar-refractivity contribution is 8.57. The lowest BCUT2D eigenvalue weighted by Gasteiger charge is -2.02. The van der Waals surface area contributed by atoms with Crippen LogP contribution in [-0.2, 0) is 0 Å². The lowest BCUT2D eigenvalue weighted by atomic mass is 11.8. The standard InChI is InChI=1S/CHN4P3S/c2-1-9-8-4-6-3-7-5-8/h(H,3,4,5). The molecule has 0 radical (unpaired) electrons. The average molecular weight is 194 g/mol. The van der Waals surface area contributed by atoms with E-state index in [2.05, 4.69) is 13.9 Å². The van der Waals surface area contributed by atoms with Gasteiger partial charge in [-0.25, -0.2) is 4.86 Å². The minimum atomic E-state index is -0.660. The number of hydrogen-bond donors (Lipinski definition) is 1. The monoisotopic (exact) mass is 194 g/mol. The topological polar surface area (TPSA) is 60.5 Å². The molecule has 0 saturated heterocycles. The van der Waals surface area contributed by atoms with E-state index < -0.39 is 7.42 Å². The second-order valence-corrected chi connectivity index (χ2v) is 6.03. The fourth-order valence-electron chi connectivity index (χ4n) is 0.230. The Balaban J connectivity index is 2.39. The molecule has 0 aromatic carbocycles. The number of rotatable bonds is 1. The molecular formula is CHN4P3S. The summed E-state index contributed by atoms with van der Waals surface area (Å²) >= 11 is 1.17. The third-order valence-electron chi connectivity index (χ3n) is 0.464. The summed E-state index contributed by atoms with van der Waals surface area (Å²) in [6.45, 7) is 0. The molecule has 1 unspecified atom stereocenters. The van der Waals surface area contributed by atoms with Gasteiger partial charge in [-0.05, 0) is 0 Å². The molecule has 4 nitrogen and oxygen atoms in total. The molecule has 0 aliphatic carbocycles. The van der Waals surface area contributed by atoms with Gasteiger partial charge in [-0.15, -0.1) is 0 Å². The third kappa shape index (κ3) is 2.67. The van der Waals surface area contributed by atoms with Crippen molar-refractivity contribution in [2.24, 2.45) is 9.03 Å². The summed E-state index contributed by atoms with van der Waals surface area (Å²) in [5.74, 6) is 0. The molecule has 0 amide bonds. The molecule has 1 rings (SSSR count). The minimum Gasteiger partial charge on any atom is -0.203 e. The zero-order valence-corrected chi connectivity index (χ0v) is 7.59. The molecule has 0 aromatic rings. The number of nitrogens with zero attached hydrogens (tertiary/aromatic N) is 3. The van der Waals surface area contributed by atoms with Crippen LogP contribution in [0.5, 0.6) is 0 Å². The smallest absolute Gasteiger partial charge is 0.179 e. The summed E-state index contributed by atoms with van der Waals surface area (Å²) in [6.07, 6.45) is 0. The van der Waals surface area contributed by atoms with Crippen LogP contribution in [0.2, 0.25) is 0 Å². The van der Waals surface area contributed by atoms with E-state index in [0.717, 1.165) is 17.0 Å².